The fourth-order valence-corrected chi connectivity index (χ4v) is 3.27. The van der Waals surface area contributed by atoms with E-state index in [2.05, 4.69) is 53.1 Å². The molecule has 3 aromatic heterocycles. The molecule has 1 aliphatic heterocycles. The number of imidazole rings is 1. The molecule has 4 rings (SSSR count). The van der Waals surface area contributed by atoms with Gasteiger partial charge >= 0.3 is 0 Å². The van der Waals surface area contributed by atoms with Crippen LogP contribution in [0.1, 0.15) is 26.3 Å². The van der Waals surface area contributed by atoms with E-state index >= 15 is 0 Å². The Labute approximate surface area is 153 Å². The predicted molar refractivity (Wildman–Crippen MR) is 103 cm³/mol. The lowest BCUT2D eigenvalue weighted by Crippen LogP contribution is -2.32. The molecule has 0 aliphatic carbocycles. The maximum absolute atomic E-state index is 9.98. The first-order chi connectivity index (χ1) is 12.4. The second-order valence-electron chi connectivity index (χ2n) is 7.92. The first-order valence-corrected chi connectivity index (χ1v) is 9.02. The summed E-state index contributed by atoms with van der Waals surface area (Å²) in [6, 6.07) is 10.1. The summed E-state index contributed by atoms with van der Waals surface area (Å²) in [5.74, 6) is 0.761. The van der Waals surface area contributed by atoms with Gasteiger partial charge in [0.25, 0.3) is 0 Å². The van der Waals surface area contributed by atoms with Gasteiger partial charge in [-0.2, -0.15) is 0 Å². The Kier molecular flexibility index (Phi) is 4.17. The van der Waals surface area contributed by atoms with Crippen LogP contribution in [0.3, 0.4) is 0 Å². The number of rotatable bonds is 3. The molecule has 1 fully saturated rings. The lowest BCUT2D eigenvalue weighted by Gasteiger charge is -2.19. The highest BCUT2D eigenvalue weighted by molar-refractivity contribution is 5.62. The first-order valence-electron chi connectivity index (χ1n) is 9.02. The van der Waals surface area contributed by atoms with E-state index in [1.807, 2.05) is 30.5 Å². The molecule has 136 valence electrons. The summed E-state index contributed by atoms with van der Waals surface area (Å²) in [6.07, 6.45) is 3.61. The largest absolute Gasteiger partial charge is 0.390 e. The molecule has 6 heteroatoms. The van der Waals surface area contributed by atoms with Gasteiger partial charge in [-0.05, 0) is 29.2 Å². The molecule has 0 spiro atoms. The number of aliphatic hydroxyl groups excluding tert-OH is 1. The second-order valence-corrected chi connectivity index (χ2v) is 7.92. The number of aromatic nitrogens is 3. The minimum absolute atomic E-state index is 0.0209. The van der Waals surface area contributed by atoms with Crippen molar-refractivity contribution < 1.29 is 5.11 Å². The van der Waals surface area contributed by atoms with Crippen molar-refractivity contribution in [3.05, 3.63) is 48.3 Å². The Morgan fingerprint density at radius 1 is 1.19 bits per heavy atom. The van der Waals surface area contributed by atoms with Gasteiger partial charge in [0.05, 0.1) is 29.7 Å². The van der Waals surface area contributed by atoms with Gasteiger partial charge in [0.15, 0.2) is 0 Å². The van der Waals surface area contributed by atoms with E-state index in [9.17, 15) is 5.11 Å². The summed E-state index contributed by atoms with van der Waals surface area (Å²) in [5.41, 5.74) is 4.04. The minimum Gasteiger partial charge on any atom is -0.390 e. The maximum atomic E-state index is 9.98. The van der Waals surface area contributed by atoms with E-state index < -0.39 is 6.10 Å². The van der Waals surface area contributed by atoms with Gasteiger partial charge in [0.1, 0.15) is 11.5 Å². The fraction of sp³-hybridized carbons (Fsp3) is 0.400. The standard InChI is InChI=1S/C20H25N5O/c1-20(2,3)13-7-8-19-22-10-16(25(19)12-13)14-5-4-6-18(23-14)24-15-9-21-11-17(15)26/h4-8,10,12,15,17,21,26H,9,11H2,1-3H3,(H,23,24). The average Bonchev–Trinajstić information content (AvgIpc) is 3.20. The average molecular weight is 351 g/mol. The molecule has 2 atom stereocenters. The van der Waals surface area contributed by atoms with Crippen molar-refractivity contribution in [1.29, 1.82) is 0 Å². The normalized spacial score (nSPS) is 20.6. The van der Waals surface area contributed by atoms with Crippen LogP contribution in [0.4, 0.5) is 5.82 Å². The first kappa shape index (κ1) is 17.0. The highest BCUT2D eigenvalue weighted by atomic mass is 16.3. The quantitative estimate of drug-likeness (QED) is 0.676. The fourth-order valence-electron chi connectivity index (χ4n) is 3.27. The Hall–Kier alpha value is -2.44. The third-order valence-electron chi connectivity index (χ3n) is 4.90. The molecule has 3 N–H and O–H groups in total. The molecule has 1 saturated heterocycles. The Morgan fingerprint density at radius 2 is 2.04 bits per heavy atom. The Morgan fingerprint density at radius 3 is 2.77 bits per heavy atom. The SMILES string of the molecule is CC(C)(C)c1ccc2ncc(-c3cccc(NC4CNCC4O)n3)n2c1. The van der Waals surface area contributed by atoms with Crippen molar-refractivity contribution in [2.45, 2.75) is 38.3 Å². The summed E-state index contributed by atoms with van der Waals surface area (Å²) in [7, 11) is 0. The van der Waals surface area contributed by atoms with Gasteiger partial charge in [-0.3, -0.25) is 4.40 Å². The Balaban J connectivity index is 1.70. The van der Waals surface area contributed by atoms with E-state index in [0.717, 1.165) is 29.4 Å². The van der Waals surface area contributed by atoms with Gasteiger partial charge in [0, 0.05) is 19.3 Å². The number of aliphatic hydroxyl groups is 1. The third kappa shape index (κ3) is 3.18. The molecule has 0 amide bonds. The van der Waals surface area contributed by atoms with E-state index in [0.29, 0.717) is 6.54 Å². The van der Waals surface area contributed by atoms with Crippen LogP contribution < -0.4 is 10.6 Å². The van der Waals surface area contributed by atoms with Crippen LogP contribution in [0.2, 0.25) is 0 Å². The van der Waals surface area contributed by atoms with Crippen LogP contribution in [-0.2, 0) is 5.41 Å². The highest BCUT2D eigenvalue weighted by Crippen LogP contribution is 2.26. The van der Waals surface area contributed by atoms with Crippen LogP contribution in [-0.4, -0.2) is 44.7 Å². The van der Waals surface area contributed by atoms with E-state index in [4.69, 9.17) is 4.98 Å². The molecule has 0 radical (unpaired) electrons. The molecule has 2 unspecified atom stereocenters. The number of hydrogen-bond acceptors (Lipinski definition) is 5. The number of nitrogens with zero attached hydrogens (tertiary/aromatic N) is 3. The molecule has 0 saturated carbocycles. The predicted octanol–water partition coefficient (Wildman–Crippen LogP) is 2.44. The van der Waals surface area contributed by atoms with Gasteiger partial charge < -0.3 is 15.7 Å². The summed E-state index contributed by atoms with van der Waals surface area (Å²) in [6.45, 7) is 7.95. The molecule has 3 aromatic rings. The zero-order valence-corrected chi connectivity index (χ0v) is 15.4. The number of hydrogen-bond donors (Lipinski definition) is 3. The molecule has 26 heavy (non-hydrogen) atoms. The van der Waals surface area contributed by atoms with Crippen molar-refractivity contribution in [2.75, 3.05) is 18.4 Å². The van der Waals surface area contributed by atoms with Crippen LogP contribution >= 0.6 is 0 Å². The van der Waals surface area contributed by atoms with Gasteiger partial charge in [-0.15, -0.1) is 0 Å². The zero-order chi connectivity index (χ0) is 18.3. The molecule has 0 aromatic carbocycles. The van der Waals surface area contributed by atoms with E-state index in [1.54, 1.807) is 0 Å². The second kappa shape index (κ2) is 6.37. The molecule has 6 nitrogen and oxygen atoms in total. The van der Waals surface area contributed by atoms with E-state index in [1.165, 1.54) is 5.56 Å². The lowest BCUT2D eigenvalue weighted by molar-refractivity contribution is 0.185. The van der Waals surface area contributed by atoms with Gasteiger partial charge in [-0.1, -0.05) is 32.9 Å². The van der Waals surface area contributed by atoms with Crippen LogP contribution in [0.15, 0.2) is 42.7 Å². The van der Waals surface area contributed by atoms with Crippen molar-refractivity contribution in [3.63, 3.8) is 0 Å². The lowest BCUT2D eigenvalue weighted by atomic mass is 9.88. The monoisotopic (exact) mass is 351 g/mol. The summed E-state index contributed by atoms with van der Waals surface area (Å²) < 4.78 is 2.10. The minimum atomic E-state index is -0.398. The van der Waals surface area contributed by atoms with Crippen molar-refractivity contribution >= 4 is 11.5 Å². The number of pyridine rings is 2. The molecular weight excluding hydrogens is 326 g/mol. The van der Waals surface area contributed by atoms with Gasteiger partial charge in [0.2, 0.25) is 0 Å². The maximum Gasteiger partial charge on any atom is 0.137 e. The number of anilines is 1. The molecular formula is C20H25N5O. The number of β-amino-alcohol motifs (C(OH)–C–C–N with tert-alkyl or cyclic N) is 1. The van der Waals surface area contributed by atoms with Gasteiger partial charge in [-0.25, -0.2) is 9.97 Å². The van der Waals surface area contributed by atoms with Crippen molar-refractivity contribution in [1.82, 2.24) is 19.7 Å². The number of nitrogens with one attached hydrogen (secondary N) is 2. The molecule has 1 aliphatic rings. The van der Waals surface area contributed by atoms with Crippen LogP contribution in [0, 0.1) is 0 Å². The summed E-state index contributed by atoms with van der Waals surface area (Å²) >= 11 is 0. The third-order valence-corrected chi connectivity index (χ3v) is 4.90. The summed E-state index contributed by atoms with van der Waals surface area (Å²) in [4.78, 5) is 9.26. The molecule has 0 bridgehead atoms. The van der Waals surface area contributed by atoms with Crippen molar-refractivity contribution in [3.8, 4) is 11.4 Å². The smallest absolute Gasteiger partial charge is 0.137 e. The summed E-state index contributed by atoms with van der Waals surface area (Å²) in [5, 5.41) is 16.5. The van der Waals surface area contributed by atoms with Crippen LogP contribution in [0.25, 0.3) is 17.0 Å². The van der Waals surface area contributed by atoms with E-state index in [-0.39, 0.29) is 11.5 Å². The highest BCUT2D eigenvalue weighted by Gasteiger charge is 2.25. The zero-order valence-electron chi connectivity index (χ0n) is 15.4. The molecule has 4 heterocycles. The Bertz CT molecular complexity index is 927. The number of fused-ring (bicyclic) bond motifs is 1. The van der Waals surface area contributed by atoms with Crippen molar-refractivity contribution in [2.24, 2.45) is 0 Å². The van der Waals surface area contributed by atoms with Crippen LogP contribution in [0.5, 0.6) is 0 Å². The topological polar surface area (TPSA) is 74.5 Å².